The van der Waals surface area contributed by atoms with Crippen LogP contribution in [0.15, 0.2) is 41.5 Å². The van der Waals surface area contributed by atoms with E-state index in [0.29, 0.717) is 16.4 Å². The van der Waals surface area contributed by atoms with Crippen molar-refractivity contribution in [3.63, 3.8) is 0 Å². The van der Waals surface area contributed by atoms with E-state index in [0.717, 1.165) is 55.7 Å². The van der Waals surface area contributed by atoms with Crippen LogP contribution in [0.2, 0.25) is 0 Å². The molecule has 1 aliphatic heterocycles. The van der Waals surface area contributed by atoms with Crippen LogP contribution in [0.4, 0.5) is 0 Å². The lowest BCUT2D eigenvalue weighted by molar-refractivity contribution is -0.906. The third-order valence-corrected chi connectivity index (χ3v) is 5.09. The van der Waals surface area contributed by atoms with Crippen LogP contribution in [0.1, 0.15) is 15.9 Å². The molecule has 0 spiro atoms. The number of hydrogen-bond acceptors (Lipinski definition) is 4. The zero-order valence-corrected chi connectivity index (χ0v) is 15.2. The van der Waals surface area contributed by atoms with Gasteiger partial charge in [0, 0.05) is 16.5 Å². The first kappa shape index (κ1) is 17.1. The summed E-state index contributed by atoms with van der Waals surface area (Å²) in [7, 11) is 0. The first-order valence-electron chi connectivity index (χ1n) is 8.84. The highest BCUT2D eigenvalue weighted by Gasteiger charge is 2.28. The number of Topliss-reactive ketones (excluding diaryl/α,β-unsaturated/α-hetero) is 1. The number of ketones is 1. The first-order valence-corrected chi connectivity index (χ1v) is 9.24. The molecule has 1 aliphatic carbocycles. The van der Waals surface area contributed by atoms with Gasteiger partial charge in [0.1, 0.15) is 18.8 Å². The predicted octanol–water partition coefficient (Wildman–Crippen LogP) is 0.119. The van der Waals surface area contributed by atoms with Crippen molar-refractivity contribution < 1.29 is 14.4 Å². The van der Waals surface area contributed by atoms with Crippen LogP contribution in [-0.4, -0.2) is 56.0 Å². The maximum atomic E-state index is 12.7. The van der Waals surface area contributed by atoms with Crippen molar-refractivity contribution in [2.24, 2.45) is 5.10 Å². The minimum absolute atomic E-state index is 0.0649. The highest BCUT2D eigenvalue weighted by molar-refractivity contribution is 7.80. The number of morpholine rings is 1. The fraction of sp³-hybridized carbons (Fsp3) is 0.316. The van der Waals surface area contributed by atoms with E-state index in [1.54, 1.807) is 0 Å². The largest absolute Gasteiger partial charge is 0.370 e. The second-order valence-corrected chi connectivity index (χ2v) is 6.89. The number of nitrogens with zero attached hydrogens (tertiary/aromatic N) is 1. The minimum atomic E-state index is -0.0649. The van der Waals surface area contributed by atoms with Crippen LogP contribution in [0.5, 0.6) is 0 Å². The van der Waals surface area contributed by atoms with Crippen molar-refractivity contribution >= 4 is 39.6 Å². The van der Waals surface area contributed by atoms with Crippen molar-refractivity contribution in [1.29, 1.82) is 0 Å². The Morgan fingerprint density at radius 3 is 2.65 bits per heavy atom. The molecule has 134 valence electrons. The van der Waals surface area contributed by atoms with Gasteiger partial charge in [0.25, 0.3) is 0 Å². The smallest absolute Gasteiger partial charge is 0.214 e. The third kappa shape index (κ3) is 3.33. The number of quaternary nitrogens is 1. The molecule has 2 aliphatic rings. The van der Waals surface area contributed by atoms with Gasteiger partial charge in [-0.05, 0) is 17.6 Å². The summed E-state index contributed by atoms with van der Waals surface area (Å²) in [6, 6.07) is 11.6. The Kier molecular flexibility index (Phi) is 4.92. The van der Waals surface area contributed by atoms with Gasteiger partial charge in [-0.1, -0.05) is 36.4 Å². The predicted molar refractivity (Wildman–Crippen MR) is 105 cm³/mol. The molecule has 0 saturated carbocycles. The van der Waals surface area contributed by atoms with E-state index >= 15 is 0 Å². The Balaban J connectivity index is 1.39. The molecule has 7 heteroatoms. The number of rotatable bonds is 4. The molecule has 0 bridgehead atoms. The SMILES string of the molecule is O=C1/C(=N\NC(=S)NCC[NH+]2CCOCC2)c2cccc3cccc1c23. The first-order chi connectivity index (χ1) is 12.7. The zero-order valence-electron chi connectivity index (χ0n) is 14.4. The number of hydrogen-bond donors (Lipinski definition) is 3. The number of thiocarbonyl (C=S) groups is 1. The van der Waals surface area contributed by atoms with E-state index in [2.05, 4.69) is 15.8 Å². The van der Waals surface area contributed by atoms with Gasteiger partial charge in [0.05, 0.1) is 26.3 Å². The summed E-state index contributed by atoms with van der Waals surface area (Å²) >= 11 is 5.29. The van der Waals surface area contributed by atoms with Gasteiger partial charge in [-0.15, -0.1) is 0 Å². The van der Waals surface area contributed by atoms with Crippen molar-refractivity contribution in [3.05, 3.63) is 47.5 Å². The van der Waals surface area contributed by atoms with Gasteiger partial charge in [-0.2, -0.15) is 5.10 Å². The molecule has 4 rings (SSSR count). The summed E-state index contributed by atoms with van der Waals surface area (Å²) in [6.45, 7) is 5.43. The molecule has 1 heterocycles. The molecular formula is C19H21N4O2S+. The summed E-state index contributed by atoms with van der Waals surface area (Å²) in [5.74, 6) is -0.0649. The molecule has 2 aromatic carbocycles. The lowest BCUT2D eigenvalue weighted by Gasteiger charge is -2.23. The maximum Gasteiger partial charge on any atom is 0.214 e. The van der Waals surface area contributed by atoms with Gasteiger partial charge >= 0.3 is 0 Å². The number of hydrazone groups is 1. The Hall–Kier alpha value is -2.35. The quantitative estimate of drug-likeness (QED) is 0.528. The Morgan fingerprint density at radius 2 is 1.88 bits per heavy atom. The van der Waals surface area contributed by atoms with Crippen molar-refractivity contribution in [3.8, 4) is 0 Å². The van der Waals surface area contributed by atoms with Crippen LogP contribution < -0.4 is 15.6 Å². The van der Waals surface area contributed by atoms with Gasteiger partial charge < -0.3 is 15.0 Å². The highest BCUT2D eigenvalue weighted by Crippen LogP contribution is 2.30. The normalized spacial score (nSPS) is 18.5. The maximum absolute atomic E-state index is 12.7. The molecule has 0 aromatic heterocycles. The average Bonchev–Trinajstić information content (AvgIpc) is 2.95. The van der Waals surface area contributed by atoms with Crippen molar-refractivity contribution in [2.45, 2.75) is 0 Å². The topological polar surface area (TPSA) is 67.2 Å². The molecule has 2 aromatic rings. The van der Waals surface area contributed by atoms with E-state index < -0.39 is 0 Å². The average molecular weight is 369 g/mol. The second-order valence-electron chi connectivity index (χ2n) is 6.48. The van der Waals surface area contributed by atoms with Gasteiger partial charge in [-0.3, -0.25) is 10.2 Å². The monoisotopic (exact) mass is 369 g/mol. The van der Waals surface area contributed by atoms with E-state index in [9.17, 15) is 4.79 Å². The van der Waals surface area contributed by atoms with Crippen LogP contribution in [0, 0.1) is 0 Å². The van der Waals surface area contributed by atoms with Crippen LogP contribution in [0.25, 0.3) is 10.8 Å². The Labute approximate surface area is 157 Å². The summed E-state index contributed by atoms with van der Waals surface area (Å²) in [5, 5.41) is 9.90. The molecular weight excluding hydrogens is 348 g/mol. The standard InChI is InChI=1S/C19H20N4O2S/c24-18-15-6-2-4-13-3-1-5-14(16(13)15)17(18)21-22-19(26)20-7-8-23-9-11-25-12-10-23/h1-6H,7-12H2,(H2,20,22,26)/p+1/b21-17-. The van der Waals surface area contributed by atoms with Crippen molar-refractivity contribution in [2.75, 3.05) is 39.4 Å². The van der Waals surface area contributed by atoms with E-state index in [-0.39, 0.29) is 5.78 Å². The number of carbonyl (C=O) groups is 1. The van der Waals surface area contributed by atoms with Gasteiger partial charge in [0.2, 0.25) is 5.78 Å². The molecule has 0 atom stereocenters. The fourth-order valence-corrected chi connectivity index (χ4v) is 3.65. The number of benzene rings is 2. The molecule has 0 radical (unpaired) electrons. The van der Waals surface area contributed by atoms with E-state index in [1.165, 1.54) is 4.90 Å². The van der Waals surface area contributed by atoms with Crippen molar-refractivity contribution in [1.82, 2.24) is 10.7 Å². The number of ether oxygens (including phenoxy) is 1. The molecule has 6 nitrogen and oxygen atoms in total. The lowest BCUT2D eigenvalue weighted by atomic mass is 10.1. The van der Waals surface area contributed by atoms with Gasteiger partial charge in [0.15, 0.2) is 5.11 Å². The van der Waals surface area contributed by atoms with Crippen LogP contribution >= 0.6 is 12.2 Å². The summed E-state index contributed by atoms with van der Waals surface area (Å²) < 4.78 is 5.35. The molecule has 3 N–H and O–H groups in total. The molecule has 1 fully saturated rings. The Bertz CT molecular complexity index is 885. The molecule has 26 heavy (non-hydrogen) atoms. The van der Waals surface area contributed by atoms with E-state index in [4.69, 9.17) is 17.0 Å². The number of nitrogens with one attached hydrogen (secondary N) is 3. The second kappa shape index (κ2) is 7.49. The van der Waals surface area contributed by atoms with E-state index in [1.807, 2.05) is 36.4 Å². The van der Waals surface area contributed by atoms with Gasteiger partial charge in [-0.25, -0.2) is 0 Å². The molecule has 0 unspecified atom stereocenters. The summed E-state index contributed by atoms with van der Waals surface area (Å²) in [4.78, 5) is 14.2. The molecule has 0 amide bonds. The minimum Gasteiger partial charge on any atom is -0.370 e. The number of carbonyl (C=O) groups excluding carboxylic acids is 1. The molecule has 1 saturated heterocycles. The third-order valence-electron chi connectivity index (χ3n) is 4.85. The zero-order chi connectivity index (χ0) is 17.9. The summed E-state index contributed by atoms with van der Waals surface area (Å²) in [5.41, 5.74) is 4.80. The fourth-order valence-electron chi connectivity index (χ4n) is 3.50. The van der Waals surface area contributed by atoms with Crippen LogP contribution in [-0.2, 0) is 4.74 Å². The summed E-state index contributed by atoms with van der Waals surface area (Å²) in [6.07, 6.45) is 0. The van der Waals surface area contributed by atoms with Crippen LogP contribution in [0.3, 0.4) is 0 Å². The highest BCUT2D eigenvalue weighted by atomic mass is 32.1. The Morgan fingerprint density at radius 1 is 1.15 bits per heavy atom. The lowest BCUT2D eigenvalue weighted by Crippen LogP contribution is -3.14.